The molecule has 0 unspecified atom stereocenters. The molecule has 0 aliphatic rings. The number of carbonyl (C=O) groups is 1. The lowest BCUT2D eigenvalue weighted by Crippen LogP contribution is -2.24. The van der Waals surface area contributed by atoms with Crippen LogP contribution in [0.2, 0.25) is 0 Å². The molecule has 0 bridgehead atoms. The zero-order valence-electron chi connectivity index (χ0n) is 16.0. The average molecular weight is 388 g/mol. The van der Waals surface area contributed by atoms with Crippen molar-refractivity contribution in [2.45, 2.75) is 20.0 Å². The van der Waals surface area contributed by atoms with Crippen LogP contribution in [0, 0.1) is 5.41 Å². The summed E-state index contributed by atoms with van der Waals surface area (Å²) in [5, 5.41) is 13.2. The van der Waals surface area contributed by atoms with Crippen molar-refractivity contribution in [1.29, 1.82) is 5.41 Å². The molecule has 1 amide bonds. The van der Waals surface area contributed by atoms with Gasteiger partial charge in [-0.05, 0) is 48.9 Å². The summed E-state index contributed by atoms with van der Waals surface area (Å²) in [6.45, 7) is 3.51. The van der Waals surface area contributed by atoms with E-state index >= 15 is 0 Å². The van der Waals surface area contributed by atoms with Crippen molar-refractivity contribution >= 4 is 39.9 Å². The first-order chi connectivity index (χ1) is 14.0. The summed E-state index contributed by atoms with van der Waals surface area (Å²) in [4.78, 5) is 16.5. The van der Waals surface area contributed by atoms with Gasteiger partial charge in [0.1, 0.15) is 5.75 Å². The Morgan fingerprint density at radius 2 is 1.76 bits per heavy atom. The molecular weight excluding hydrogens is 368 g/mol. The topological polar surface area (TPSA) is 89.2 Å². The Morgan fingerprint density at radius 3 is 2.55 bits per heavy atom. The largest absolute Gasteiger partial charge is 0.447 e. The first-order valence-electron chi connectivity index (χ1n) is 9.22. The van der Waals surface area contributed by atoms with Gasteiger partial charge in [0.2, 0.25) is 5.95 Å². The number of ether oxygens (including phenoxy) is 2. The quantitative estimate of drug-likeness (QED) is 0.381. The van der Waals surface area contributed by atoms with Crippen molar-refractivity contribution in [1.82, 2.24) is 9.55 Å². The molecule has 0 saturated heterocycles. The van der Waals surface area contributed by atoms with E-state index in [9.17, 15) is 4.79 Å². The Labute approximate surface area is 167 Å². The molecule has 0 radical (unpaired) electrons. The minimum atomic E-state index is -0.643. The number of rotatable bonds is 3. The van der Waals surface area contributed by atoms with Gasteiger partial charge in [0, 0.05) is 0 Å². The smallest absolute Gasteiger partial charge is 0.414 e. The molecule has 2 N–H and O–H groups in total. The average Bonchev–Trinajstić information content (AvgIpc) is 3.05. The molecule has 4 aromatic rings. The van der Waals surface area contributed by atoms with Crippen molar-refractivity contribution in [3.05, 3.63) is 66.7 Å². The van der Waals surface area contributed by atoms with E-state index in [4.69, 9.17) is 14.9 Å². The summed E-state index contributed by atoms with van der Waals surface area (Å²) in [6.07, 6.45) is -0.920. The van der Waals surface area contributed by atoms with E-state index in [1.807, 2.05) is 48.5 Å². The van der Waals surface area contributed by atoms with Gasteiger partial charge in [-0.15, -0.1) is 0 Å². The Balaban J connectivity index is 1.68. The second-order valence-electron chi connectivity index (χ2n) is 6.75. The van der Waals surface area contributed by atoms with Crippen LogP contribution < -0.4 is 10.1 Å². The maximum absolute atomic E-state index is 12.1. The van der Waals surface area contributed by atoms with Crippen LogP contribution in [-0.2, 0) is 4.74 Å². The number of amides is 1. The monoisotopic (exact) mass is 388 g/mol. The molecule has 3 aromatic carbocycles. The molecule has 0 spiro atoms. The second kappa shape index (κ2) is 7.63. The number of anilines is 1. The lowest BCUT2D eigenvalue weighted by Gasteiger charge is -2.13. The molecule has 1 aromatic heterocycles. The molecule has 146 valence electrons. The molecule has 0 fully saturated rings. The molecule has 0 atom stereocenters. The number of imidazole rings is 1. The number of nitrogens with one attached hydrogen (secondary N) is 2. The van der Waals surface area contributed by atoms with Crippen molar-refractivity contribution in [3.63, 3.8) is 0 Å². The molecule has 0 aliphatic carbocycles. The van der Waals surface area contributed by atoms with E-state index in [0.717, 1.165) is 10.8 Å². The van der Waals surface area contributed by atoms with Crippen molar-refractivity contribution < 1.29 is 14.3 Å². The number of para-hydroxylation sites is 2. The van der Waals surface area contributed by atoms with Crippen molar-refractivity contribution in [2.24, 2.45) is 0 Å². The van der Waals surface area contributed by atoms with Crippen LogP contribution in [0.5, 0.6) is 5.75 Å². The van der Waals surface area contributed by atoms with Gasteiger partial charge in [-0.25, -0.2) is 14.3 Å². The fourth-order valence-corrected chi connectivity index (χ4v) is 3.04. The van der Waals surface area contributed by atoms with Gasteiger partial charge in [0.15, 0.2) is 0 Å². The zero-order valence-corrected chi connectivity index (χ0v) is 16.0. The van der Waals surface area contributed by atoms with Crippen LogP contribution >= 0.6 is 0 Å². The molecular formula is C22H20N4O3. The molecule has 4 rings (SSSR count). The number of hydrogen-bond donors (Lipinski definition) is 2. The molecule has 0 aliphatic heterocycles. The third-order valence-corrected chi connectivity index (χ3v) is 4.26. The van der Waals surface area contributed by atoms with E-state index in [1.165, 1.54) is 4.57 Å². The van der Waals surface area contributed by atoms with Crippen LogP contribution in [0.15, 0.2) is 66.7 Å². The fourth-order valence-electron chi connectivity index (χ4n) is 3.04. The van der Waals surface area contributed by atoms with Gasteiger partial charge in [0.05, 0.1) is 17.1 Å². The van der Waals surface area contributed by atoms with Gasteiger partial charge >= 0.3 is 12.1 Å². The molecule has 1 heterocycles. The van der Waals surface area contributed by atoms with Gasteiger partial charge in [0.25, 0.3) is 0 Å². The number of benzene rings is 3. The number of carbonyl (C=O) groups excluding carboxylic acids is 1. The van der Waals surface area contributed by atoms with Crippen molar-refractivity contribution in [3.8, 4) is 5.75 Å². The first-order valence-corrected chi connectivity index (χ1v) is 9.22. The van der Waals surface area contributed by atoms with Crippen molar-refractivity contribution in [2.75, 3.05) is 5.32 Å². The second-order valence-corrected chi connectivity index (χ2v) is 6.75. The van der Waals surface area contributed by atoms with Crippen LogP contribution in [0.25, 0.3) is 21.8 Å². The Morgan fingerprint density at radius 1 is 1.03 bits per heavy atom. The predicted molar refractivity (Wildman–Crippen MR) is 113 cm³/mol. The maximum atomic E-state index is 12.1. The highest BCUT2D eigenvalue weighted by Crippen LogP contribution is 2.24. The van der Waals surface area contributed by atoms with E-state index in [-0.39, 0.29) is 18.1 Å². The Bertz CT molecular complexity index is 1210. The number of aromatic nitrogens is 2. The SMILES string of the molecule is CC(C)OC(=O)Nc1nc2ccccc2n1C(=N)Oc1ccc2ccccc2c1. The zero-order chi connectivity index (χ0) is 20.4. The standard InChI is InChI=1S/C22H20N4O3/c1-14(2)28-22(27)25-21-24-18-9-5-6-10-19(18)26(21)20(23)29-17-12-11-15-7-3-4-8-16(15)13-17/h3-14,23H,1-2H3,(H,24,25,27). The highest BCUT2D eigenvalue weighted by Gasteiger charge is 2.19. The number of fused-ring (bicyclic) bond motifs is 2. The summed E-state index contributed by atoms with van der Waals surface area (Å²) >= 11 is 0. The highest BCUT2D eigenvalue weighted by atomic mass is 16.6. The minimum Gasteiger partial charge on any atom is -0.447 e. The van der Waals surface area contributed by atoms with E-state index < -0.39 is 6.09 Å². The summed E-state index contributed by atoms with van der Waals surface area (Å²) in [6, 6.07) is 20.6. The Hall–Kier alpha value is -3.87. The van der Waals surface area contributed by atoms with Crippen LogP contribution in [-0.4, -0.2) is 27.8 Å². The lowest BCUT2D eigenvalue weighted by atomic mass is 10.1. The first kappa shape index (κ1) is 18.5. The third-order valence-electron chi connectivity index (χ3n) is 4.26. The number of hydrogen-bond acceptors (Lipinski definition) is 5. The fraction of sp³-hybridized carbons (Fsp3) is 0.136. The van der Waals surface area contributed by atoms with E-state index in [1.54, 1.807) is 32.0 Å². The molecule has 7 heteroatoms. The summed E-state index contributed by atoms with van der Waals surface area (Å²) in [5.41, 5.74) is 1.26. The Kier molecular flexibility index (Phi) is 4.87. The van der Waals surface area contributed by atoms with Gasteiger partial charge in [-0.1, -0.05) is 42.5 Å². The summed E-state index contributed by atoms with van der Waals surface area (Å²) in [5.74, 6) is 0.671. The van der Waals surface area contributed by atoms with Gasteiger partial charge in [-0.3, -0.25) is 10.7 Å². The normalized spacial score (nSPS) is 11.0. The lowest BCUT2D eigenvalue weighted by molar-refractivity contribution is 0.129. The van der Waals surface area contributed by atoms with Crippen LogP contribution in [0.1, 0.15) is 13.8 Å². The summed E-state index contributed by atoms with van der Waals surface area (Å²) < 4.78 is 12.4. The van der Waals surface area contributed by atoms with Crippen LogP contribution in [0.4, 0.5) is 10.7 Å². The maximum Gasteiger partial charge on any atom is 0.414 e. The van der Waals surface area contributed by atoms with E-state index in [2.05, 4.69) is 10.3 Å². The van der Waals surface area contributed by atoms with Gasteiger partial charge < -0.3 is 9.47 Å². The van der Waals surface area contributed by atoms with Gasteiger partial charge in [-0.2, -0.15) is 0 Å². The molecule has 0 saturated carbocycles. The number of nitrogens with zero attached hydrogens (tertiary/aromatic N) is 2. The molecule has 29 heavy (non-hydrogen) atoms. The predicted octanol–water partition coefficient (Wildman–Crippen LogP) is 5.01. The molecule has 7 nitrogen and oxygen atoms in total. The third kappa shape index (κ3) is 3.89. The minimum absolute atomic E-state index is 0.155. The summed E-state index contributed by atoms with van der Waals surface area (Å²) in [7, 11) is 0. The van der Waals surface area contributed by atoms with Crippen LogP contribution in [0.3, 0.4) is 0 Å². The highest BCUT2D eigenvalue weighted by molar-refractivity contribution is 5.96. The van der Waals surface area contributed by atoms with E-state index in [0.29, 0.717) is 16.8 Å².